The molecule has 0 radical (unpaired) electrons. The molecule has 166 valence electrons. The van der Waals surface area contributed by atoms with Crippen molar-refractivity contribution in [2.45, 2.75) is 70.6 Å². The third-order valence-electron chi connectivity index (χ3n) is 6.47. The van der Waals surface area contributed by atoms with Crippen molar-refractivity contribution in [1.29, 1.82) is 5.41 Å². The number of hydrogen-bond acceptors (Lipinski definition) is 6. The summed E-state index contributed by atoms with van der Waals surface area (Å²) in [4.78, 5) is 19.9. The Morgan fingerprint density at radius 2 is 1.90 bits per heavy atom. The van der Waals surface area contributed by atoms with Crippen molar-refractivity contribution in [3.63, 3.8) is 0 Å². The Morgan fingerprint density at radius 3 is 2.61 bits per heavy atom. The van der Waals surface area contributed by atoms with Gasteiger partial charge in [-0.1, -0.05) is 25.0 Å². The highest BCUT2D eigenvalue weighted by molar-refractivity contribution is 6.09. The maximum atomic E-state index is 12.8. The van der Waals surface area contributed by atoms with Crippen LogP contribution in [0.2, 0.25) is 0 Å². The lowest BCUT2D eigenvalue weighted by atomic mass is 9.91. The van der Waals surface area contributed by atoms with Gasteiger partial charge in [0.25, 0.3) is 5.91 Å². The van der Waals surface area contributed by atoms with E-state index in [0.717, 1.165) is 61.7 Å². The number of carbonyl (C=O) groups excluding carboxylic acids is 1. The van der Waals surface area contributed by atoms with Gasteiger partial charge in [-0.2, -0.15) is 0 Å². The molecule has 7 nitrogen and oxygen atoms in total. The normalized spacial score (nSPS) is 22.5. The molecule has 4 rings (SSSR count). The molecule has 2 unspecified atom stereocenters. The number of nitrogens with one attached hydrogen (secondary N) is 3. The second kappa shape index (κ2) is 9.32. The highest BCUT2D eigenvalue weighted by Crippen LogP contribution is 2.28. The summed E-state index contributed by atoms with van der Waals surface area (Å²) in [5, 5.41) is 25.1. The molecular formula is C24H33N5O2. The van der Waals surface area contributed by atoms with E-state index in [1.165, 1.54) is 6.42 Å². The number of aliphatic hydroxyl groups is 1. The van der Waals surface area contributed by atoms with Crippen LogP contribution < -0.4 is 15.5 Å². The first-order valence-electron chi connectivity index (χ1n) is 11.4. The van der Waals surface area contributed by atoms with E-state index in [1.807, 2.05) is 31.2 Å². The third kappa shape index (κ3) is 5.05. The van der Waals surface area contributed by atoms with Crippen LogP contribution in [0.25, 0.3) is 10.9 Å². The van der Waals surface area contributed by atoms with Gasteiger partial charge in [0, 0.05) is 30.6 Å². The van der Waals surface area contributed by atoms with Crippen molar-refractivity contribution >= 4 is 28.5 Å². The van der Waals surface area contributed by atoms with E-state index >= 15 is 0 Å². The summed E-state index contributed by atoms with van der Waals surface area (Å²) in [6.07, 6.45) is 5.88. The molecular weight excluding hydrogens is 390 g/mol. The van der Waals surface area contributed by atoms with Crippen molar-refractivity contribution in [3.8, 4) is 0 Å². The average Bonchev–Trinajstić information content (AvgIpc) is 2.74. The van der Waals surface area contributed by atoms with Gasteiger partial charge in [-0.3, -0.25) is 10.2 Å². The van der Waals surface area contributed by atoms with Crippen LogP contribution in [0.3, 0.4) is 0 Å². The first-order valence-corrected chi connectivity index (χ1v) is 11.4. The molecule has 1 aromatic heterocycles. The smallest absolute Gasteiger partial charge is 0.260 e. The lowest BCUT2D eigenvalue weighted by molar-refractivity contribution is 0.0827. The van der Waals surface area contributed by atoms with Gasteiger partial charge in [-0.25, -0.2) is 4.98 Å². The molecule has 2 aromatic rings. The number of aromatic nitrogens is 1. The van der Waals surface area contributed by atoms with Gasteiger partial charge in [0.2, 0.25) is 0 Å². The molecule has 2 fully saturated rings. The topological polar surface area (TPSA) is 101 Å². The zero-order valence-electron chi connectivity index (χ0n) is 18.4. The molecule has 0 spiro atoms. The monoisotopic (exact) mass is 423 g/mol. The van der Waals surface area contributed by atoms with Crippen LogP contribution in [-0.2, 0) is 0 Å². The van der Waals surface area contributed by atoms with E-state index in [-0.39, 0.29) is 23.9 Å². The van der Waals surface area contributed by atoms with Crippen molar-refractivity contribution in [2.75, 3.05) is 18.0 Å². The quantitative estimate of drug-likeness (QED) is 0.447. The first-order chi connectivity index (χ1) is 14.9. The summed E-state index contributed by atoms with van der Waals surface area (Å²) in [6.45, 7) is 5.20. The van der Waals surface area contributed by atoms with Crippen LogP contribution in [0.15, 0.2) is 24.3 Å². The van der Waals surface area contributed by atoms with Gasteiger partial charge in [0.05, 0.1) is 23.0 Å². The van der Waals surface area contributed by atoms with Gasteiger partial charge in [-0.05, 0) is 57.2 Å². The Balaban J connectivity index is 1.53. The van der Waals surface area contributed by atoms with Gasteiger partial charge in [0.1, 0.15) is 5.82 Å². The zero-order valence-corrected chi connectivity index (χ0v) is 18.4. The molecule has 1 saturated heterocycles. The molecule has 1 aromatic carbocycles. The first kappa shape index (κ1) is 21.7. The van der Waals surface area contributed by atoms with Crippen LogP contribution in [0.4, 0.5) is 5.82 Å². The second-order valence-electron chi connectivity index (χ2n) is 9.02. The SMILES string of the molecule is CC(=N)NC(=O)c1cc2ccc(C)cc2nc1N1CCC(NC2CCCCC2O)CC1. The fraction of sp³-hybridized carbons (Fsp3) is 0.542. The summed E-state index contributed by atoms with van der Waals surface area (Å²) in [7, 11) is 0. The number of carbonyl (C=O) groups is 1. The van der Waals surface area contributed by atoms with Crippen molar-refractivity contribution in [1.82, 2.24) is 15.6 Å². The average molecular weight is 424 g/mol. The number of aliphatic hydroxyl groups excluding tert-OH is 1. The number of rotatable bonds is 4. The molecule has 1 aliphatic carbocycles. The van der Waals surface area contributed by atoms with E-state index in [0.29, 0.717) is 17.4 Å². The summed E-state index contributed by atoms with van der Waals surface area (Å²) in [5.41, 5.74) is 2.52. The minimum Gasteiger partial charge on any atom is -0.392 e. The van der Waals surface area contributed by atoms with Crippen molar-refractivity contribution < 1.29 is 9.90 Å². The van der Waals surface area contributed by atoms with Gasteiger partial charge >= 0.3 is 0 Å². The number of benzene rings is 1. The second-order valence-corrected chi connectivity index (χ2v) is 9.02. The molecule has 7 heteroatoms. The molecule has 1 aliphatic heterocycles. The van der Waals surface area contributed by atoms with Crippen LogP contribution in [-0.4, -0.2) is 53.1 Å². The van der Waals surface area contributed by atoms with Gasteiger partial charge in [-0.15, -0.1) is 0 Å². The Hall–Kier alpha value is -2.51. The number of nitrogens with zero attached hydrogens (tertiary/aromatic N) is 2. The number of amides is 1. The molecule has 31 heavy (non-hydrogen) atoms. The summed E-state index contributed by atoms with van der Waals surface area (Å²) >= 11 is 0. The van der Waals surface area contributed by atoms with E-state index in [1.54, 1.807) is 6.92 Å². The van der Waals surface area contributed by atoms with Crippen molar-refractivity contribution in [2.24, 2.45) is 0 Å². The molecule has 2 heterocycles. The minimum atomic E-state index is -0.289. The van der Waals surface area contributed by atoms with E-state index in [9.17, 15) is 9.90 Å². The number of anilines is 1. The maximum Gasteiger partial charge on any atom is 0.260 e. The highest BCUT2D eigenvalue weighted by Gasteiger charge is 2.29. The number of piperidine rings is 1. The predicted octanol–water partition coefficient (Wildman–Crippen LogP) is 3.13. The number of hydrogen-bond donors (Lipinski definition) is 4. The molecule has 0 bridgehead atoms. The van der Waals surface area contributed by atoms with E-state index in [2.05, 4.69) is 15.5 Å². The standard InChI is InChI=1S/C24H33N5O2/c1-15-7-8-17-14-19(24(31)26-16(2)25)23(28-21(17)13-15)29-11-9-18(10-12-29)27-20-5-3-4-6-22(20)30/h7-8,13-14,18,20,22,27,30H,3-6,9-12H2,1-2H3,(H2,25,26,31). The Bertz CT molecular complexity index is 968. The molecule has 4 N–H and O–H groups in total. The van der Waals surface area contributed by atoms with Gasteiger partial charge in [0.15, 0.2) is 0 Å². The Labute approximate surface area is 183 Å². The number of fused-ring (bicyclic) bond motifs is 1. The van der Waals surface area contributed by atoms with E-state index < -0.39 is 0 Å². The number of pyridine rings is 1. The fourth-order valence-corrected chi connectivity index (χ4v) is 4.78. The number of aryl methyl sites for hydroxylation is 1. The third-order valence-corrected chi connectivity index (χ3v) is 6.47. The lowest BCUT2D eigenvalue weighted by Gasteiger charge is -2.38. The zero-order chi connectivity index (χ0) is 22.0. The predicted molar refractivity (Wildman–Crippen MR) is 124 cm³/mol. The summed E-state index contributed by atoms with van der Waals surface area (Å²) < 4.78 is 0. The largest absolute Gasteiger partial charge is 0.392 e. The Morgan fingerprint density at radius 1 is 1.16 bits per heavy atom. The van der Waals surface area contributed by atoms with E-state index in [4.69, 9.17) is 10.4 Å². The summed E-state index contributed by atoms with van der Waals surface area (Å²) in [6, 6.07) is 8.51. The molecule has 1 saturated carbocycles. The van der Waals surface area contributed by atoms with Crippen LogP contribution >= 0.6 is 0 Å². The Kier molecular flexibility index (Phi) is 6.53. The fourth-order valence-electron chi connectivity index (χ4n) is 4.78. The van der Waals surface area contributed by atoms with Crippen LogP contribution in [0.5, 0.6) is 0 Å². The maximum absolute atomic E-state index is 12.8. The molecule has 2 atom stereocenters. The van der Waals surface area contributed by atoms with Crippen LogP contribution in [0.1, 0.15) is 61.4 Å². The minimum absolute atomic E-state index is 0.119. The molecule has 2 aliphatic rings. The lowest BCUT2D eigenvalue weighted by Crippen LogP contribution is -2.51. The molecule has 1 amide bonds. The van der Waals surface area contributed by atoms with Crippen LogP contribution in [0, 0.1) is 12.3 Å². The van der Waals surface area contributed by atoms with Crippen molar-refractivity contribution in [3.05, 3.63) is 35.4 Å². The van der Waals surface area contributed by atoms with Gasteiger partial charge < -0.3 is 20.6 Å². The highest BCUT2D eigenvalue weighted by atomic mass is 16.3. The summed E-state index contributed by atoms with van der Waals surface area (Å²) in [5.74, 6) is 0.518. The number of amidine groups is 1.